The molecule has 0 aromatic carbocycles. The third-order valence-corrected chi connectivity index (χ3v) is 2.30. The Hall–Kier alpha value is 0.170. The van der Waals surface area contributed by atoms with Gasteiger partial charge in [-0.3, -0.25) is 0 Å². The van der Waals surface area contributed by atoms with Crippen molar-refractivity contribution >= 4 is 11.6 Å². The first kappa shape index (κ1) is 7.80. The molecule has 0 aromatic heterocycles. The molecule has 2 fully saturated rings. The van der Waals surface area contributed by atoms with Gasteiger partial charge in [-0.05, 0) is 6.42 Å². The monoisotopic (exact) mass is 178 g/mol. The zero-order chi connectivity index (χ0) is 7.73. The summed E-state index contributed by atoms with van der Waals surface area (Å²) in [5.74, 6) is -0.245. The van der Waals surface area contributed by atoms with Crippen LogP contribution >= 0.6 is 11.6 Å². The number of alkyl halides is 1. The van der Waals surface area contributed by atoms with Gasteiger partial charge in [0.05, 0.1) is 19.1 Å². The Morgan fingerprint density at radius 3 is 2.91 bits per heavy atom. The van der Waals surface area contributed by atoms with Crippen molar-refractivity contribution in [1.29, 1.82) is 0 Å². The fourth-order valence-corrected chi connectivity index (χ4v) is 1.57. The van der Waals surface area contributed by atoms with Gasteiger partial charge >= 0.3 is 0 Å². The molecule has 2 atom stereocenters. The second-order valence-corrected chi connectivity index (χ2v) is 3.15. The van der Waals surface area contributed by atoms with Crippen LogP contribution in [0.25, 0.3) is 0 Å². The van der Waals surface area contributed by atoms with E-state index in [4.69, 9.17) is 25.8 Å². The van der Waals surface area contributed by atoms with Crippen molar-refractivity contribution in [3.8, 4) is 0 Å². The van der Waals surface area contributed by atoms with Crippen molar-refractivity contribution in [2.75, 3.05) is 19.1 Å². The van der Waals surface area contributed by atoms with Gasteiger partial charge in [0.25, 0.3) is 5.97 Å². The van der Waals surface area contributed by atoms with E-state index in [2.05, 4.69) is 0 Å². The molecule has 0 aromatic rings. The molecule has 0 N–H and O–H groups in total. The summed E-state index contributed by atoms with van der Waals surface area (Å²) in [6, 6.07) is 0. The molecule has 0 unspecified atom stereocenters. The van der Waals surface area contributed by atoms with E-state index < -0.39 is 5.97 Å². The Balaban J connectivity index is 1.96. The molecule has 64 valence electrons. The Morgan fingerprint density at radius 1 is 1.45 bits per heavy atom. The van der Waals surface area contributed by atoms with Crippen LogP contribution in [-0.4, -0.2) is 31.2 Å². The zero-order valence-corrected chi connectivity index (χ0v) is 6.97. The van der Waals surface area contributed by atoms with E-state index >= 15 is 0 Å². The highest BCUT2D eigenvalue weighted by Gasteiger charge is 2.45. The minimum Gasteiger partial charge on any atom is -0.327 e. The van der Waals surface area contributed by atoms with Crippen LogP contribution in [0.3, 0.4) is 0 Å². The third kappa shape index (κ3) is 1.38. The Bertz CT molecular complexity index is 145. The van der Waals surface area contributed by atoms with E-state index in [1.54, 1.807) is 0 Å². The van der Waals surface area contributed by atoms with Crippen molar-refractivity contribution in [3.05, 3.63) is 0 Å². The summed E-state index contributed by atoms with van der Waals surface area (Å²) < 4.78 is 16.2. The van der Waals surface area contributed by atoms with Crippen LogP contribution in [0.2, 0.25) is 0 Å². The number of halogens is 1. The molecular weight excluding hydrogens is 168 g/mol. The lowest BCUT2D eigenvalue weighted by Gasteiger charge is -2.20. The molecular formula is C7H11ClO3. The van der Waals surface area contributed by atoms with Crippen molar-refractivity contribution in [2.45, 2.75) is 24.9 Å². The highest BCUT2D eigenvalue weighted by molar-refractivity contribution is 6.18. The van der Waals surface area contributed by atoms with E-state index in [1.807, 2.05) is 0 Å². The molecule has 2 heterocycles. The second kappa shape index (κ2) is 2.90. The Kier molecular flexibility index (Phi) is 2.06. The van der Waals surface area contributed by atoms with Gasteiger partial charge < -0.3 is 14.2 Å². The van der Waals surface area contributed by atoms with Crippen molar-refractivity contribution in [3.63, 3.8) is 0 Å². The van der Waals surface area contributed by atoms with Gasteiger partial charge in [-0.1, -0.05) is 0 Å². The van der Waals surface area contributed by atoms with Crippen molar-refractivity contribution < 1.29 is 14.2 Å². The van der Waals surface area contributed by atoms with E-state index in [0.717, 1.165) is 19.4 Å². The number of rotatable bonds is 1. The number of hydrogen-bond acceptors (Lipinski definition) is 3. The van der Waals surface area contributed by atoms with Gasteiger partial charge in [0.1, 0.15) is 6.10 Å². The molecule has 2 aliphatic rings. The lowest BCUT2D eigenvalue weighted by atomic mass is 10.3. The molecule has 0 amide bonds. The lowest BCUT2D eigenvalue weighted by molar-refractivity contribution is -0.312. The normalized spacial score (nSPS) is 43.9. The van der Waals surface area contributed by atoms with Crippen LogP contribution < -0.4 is 0 Å². The smallest absolute Gasteiger partial charge is 0.283 e. The molecule has 0 bridgehead atoms. The topological polar surface area (TPSA) is 27.7 Å². The standard InChI is InChI=1S/C7H11ClO3/c8-4-6-5-10-7(11-6)2-1-3-9-7/h6H,1-5H2/t6-,7+/m0/s1. The summed E-state index contributed by atoms with van der Waals surface area (Å²) in [6.07, 6.45) is 1.85. The molecule has 2 aliphatic heterocycles. The summed E-state index contributed by atoms with van der Waals surface area (Å²) in [5.41, 5.74) is 0. The van der Waals surface area contributed by atoms with E-state index in [-0.39, 0.29) is 6.10 Å². The summed E-state index contributed by atoms with van der Waals surface area (Å²) in [6.45, 7) is 1.29. The van der Waals surface area contributed by atoms with Crippen LogP contribution in [0.4, 0.5) is 0 Å². The quantitative estimate of drug-likeness (QED) is 0.563. The summed E-state index contributed by atoms with van der Waals surface area (Å²) in [7, 11) is 0. The summed E-state index contributed by atoms with van der Waals surface area (Å²) in [5, 5.41) is 0. The van der Waals surface area contributed by atoms with Gasteiger partial charge in [-0.2, -0.15) is 0 Å². The Morgan fingerprint density at radius 2 is 2.36 bits per heavy atom. The van der Waals surface area contributed by atoms with Gasteiger partial charge in [0.15, 0.2) is 0 Å². The molecule has 0 aliphatic carbocycles. The zero-order valence-electron chi connectivity index (χ0n) is 6.22. The SMILES string of the molecule is ClC[C@H]1CO[C@]2(CCCO2)O1. The fourth-order valence-electron chi connectivity index (χ4n) is 1.41. The molecule has 3 nitrogen and oxygen atoms in total. The fraction of sp³-hybridized carbons (Fsp3) is 1.00. The minimum absolute atomic E-state index is 0.00904. The van der Waals surface area contributed by atoms with Crippen molar-refractivity contribution in [2.24, 2.45) is 0 Å². The number of ether oxygens (including phenoxy) is 3. The van der Waals surface area contributed by atoms with Crippen LogP contribution in [0, 0.1) is 0 Å². The maximum atomic E-state index is 5.61. The Labute approximate surface area is 70.6 Å². The predicted molar refractivity (Wildman–Crippen MR) is 39.5 cm³/mol. The van der Waals surface area contributed by atoms with Crippen LogP contribution in [0.5, 0.6) is 0 Å². The lowest BCUT2D eigenvalue weighted by Crippen LogP contribution is -2.29. The molecule has 2 rings (SSSR count). The van der Waals surface area contributed by atoms with Crippen LogP contribution in [0.1, 0.15) is 12.8 Å². The predicted octanol–water partition coefficient (Wildman–Crippen LogP) is 1.10. The largest absolute Gasteiger partial charge is 0.327 e. The van der Waals surface area contributed by atoms with Crippen LogP contribution in [0.15, 0.2) is 0 Å². The van der Waals surface area contributed by atoms with E-state index in [9.17, 15) is 0 Å². The summed E-state index contributed by atoms with van der Waals surface area (Å²) >= 11 is 5.61. The first-order valence-electron chi connectivity index (χ1n) is 3.86. The third-order valence-electron chi connectivity index (χ3n) is 1.96. The second-order valence-electron chi connectivity index (χ2n) is 2.84. The maximum Gasteiger partial charge on any atom is 0.283 e. The minimum atomic E-state index is -0.723. The van der Waals surface area contributed by atoms with Crippen molar-refractivity contribution in [1.82, 2.24) is 0 Å². The first-order chi connectivity index (χ1) is 5.35. The van der Waals surface area contributed by atoms with Gasteiger partial charge in [0.2, 0.25) is 0 Å². The summed E-state index contributed by atoms with van der Waals surface area (Å²) in [4.78, 5) is 0. The maximum absolute atomic E-state index is 5.61. The van der Waals surface area contributed by atoms with E-state index in [1.165, 1.54) is 0 Å². The van der Waals surface area contributed by atoms with Gasteiger partial charge in [-0.15, -0.1) is 11.6 Å². The average Bonchev–Trinajstić information content (AvgIpc) is 2.62. The molecule has 1 spiro atoms. The van der Waals surface area contributed by atoms with Crippen LogP contribution in [-0.2, 0) is 14.2 Å². The molecule has 0 saturated carbocycles. The highest BCUT2D eigenvalue weighted by Crippen LogP contribution is 2.34. The highest BCUT2D eigenvalue weighted by atomic mass is 35.5. The first-order valence-corrected chi connectivity index (χ1v) is 4.40. The molecule has 0 radical (unpaired) electrons. The molecule has 11 heavy (non-hydrogen) atoms. The van der Waals surface area contributed by atoms with Gasteiger partial charge in [-0.25, -0.2) is 0 Å². The number of hydrogen-bond donors (Lipinski definition) is 0. The molecule has 2 saturated heterocycles. The average molecular weight is 179 g/mol. The van der Waals surface area contributed by atoms with Gasteiger partial charge in [0, 0.05) is 6.42 Å². The van der Waals surface area contributed by atoms with E-state index in [0.29, 0.717) is 12.5 Å². The molecule has 4 heteroatoms.